The first-order valence-electron chi connectivity index (χ1n) is 13.2. The number of carboxylic acids is 1. The maximum atomic E-state index is 12.2. The number of aliphatic hydroxyl groups is 2. The fourth-order valence-corrected chi connectivity index (χ4v) is 9.62. The highest BCUT2D eigenvalue weighted by atomic mass is 16.4. The predicted octanol–water partition coefficient (Wildman–Crippen LogP) is 5.65. The third-order valence-electron chi connectivity index (χ3n) is 11.1. The summed E-state index contributed by atoms with van der Waals surface area (Å²) in [5.74, 6) is 2.22. The summed E-state index contributed by atoms with van der Waals surface area (Å²) in [7, 11) is 0. The fraction of sp³-hybridized carbons (Fsp3) is 0.963. The second-order valence-electron chi connectivity index (χ2n) is 12.6. The van der Waals surface area contributed by atoms with Gasteiger partial charge < -0.3 is 15.3 Å². The summed E-state index contributed by atoms with van der Waals surface area (Å²) in [6, 6.07) is 0. The molecule has 4 heteroatoms. The first-order chi connectivity index (χ1) is 14.5. The molecule has 4 rings (SSSR count). The predicted molar refractivity (Wildman–Crippen MR) is 122 cm³/mol. The van der Waals surface area contributed by atoms with Crippen LogP contribution in [-0.2, 0) is 4.79 Å². The van der Waals surface area contributed by atoms with Gasteiger partial charge in [0.2, 0.25) is 0 Å². The van der Waals surface area contributed by atoms with Crippen molar-refractivity contribution in [3.63, 3.8) is 0 Å². The summed E-state index contributed by atoms with van der Waals surface area (Å²) >= 11 is 0. The molecule has 4 fully saturated rings. The Morgan fingerprint density at radius 1 is 1.06 bits per heavy atom. The van der Waals surface area contributed by atoms with Gasteiger partial charge in [-0.25, -0.2) is 0 Å². The van der Waals surface area contributed by atoms with Crippen LogP contribution in [0.25, 0.3) is 0 Å². The van der Waals surface area contributed by atoms with Crippen LogP contribution in [0.5, 0.6) is 0 Å². The SMILES string of the molecule is CCC[C@@]1(O)C[C@@H]2C[C@H](O)CC[C@]2(C)[C@H]2CC[C@]3(C)[C@@H]([C@H](C)CCC(=O)O)CC[C@H]3[C@@H]21. The standard InChI is InChI=1S/C27H46O4/c1-5-12-27(31)16-18-15-19(28)10-13-25(18,3)22-11-14-26(4)20(7-8-21(26)24(22)27)17(2)6-9-23(29)30/h17-22,24,28,31H,5-16H2,1-4H3,(H,29,30)/t17-,18+,19-,20-,21+,22+,24+,25+,26-,27-/m1/s1. The second kappa shape index (κ2) is 8.31. The van der Waals surface area contributed by atoms with Crippen LogP contribution in [0.1, 0.15) is 105 Å². The molecule has 3 N–H and O–H groups in total. The zero-order valence-electron chi connectivity index (χ0n) is 20.3. The summed E-state index contributed by atoms with van der Waals surface area (Å²) in [4.78, 5) is 11.2. The summed E-state index contributed by atoms with van der Waals surface area (Å²) in [6.07, 6.45) is 11.3. The molecule has 0 spiro atoms. The average molecular weight is 435 g/mol. The van der Waals surface area contributed by atoms with Crippen molar-refractivity contribution >= 4 is 5.97 Å². The van der Waals surface area contributed by atoms with Crippen LogP contribution >= 0.6 is 0 Å². The maximum absolute atomic E-state index is 12.2. The molecule has 0 aromatic rings. The number of carboxylic acid groups (broad SMARTS) is 1. The summed E-state index contributed by atoms with van der Waals surface area (Å²) < 4.78 is 0. The van der Waals surface area contributed by atoms with Crippen LogP contribution in [0, 0.1) is 46.3 Å². The van der Waals surface area contributed by atoms with Gasteiger partial charge in [-0.1, -0.05) is 34.1 Å². The third-order valence-corrected chi connectivity index (χ3v) is 11.1. The molecule has 0 amide bonds. The number of hydrogen-bond acceptors (Lipinski definition) is 3. The normalized spacial score (nSPS) is 50.3. The van der Waals surface area contributed by atoms with Crippen molar-refractivity contribution in [2.24, 2.45) is 46.3 Å². The minimum Gasteiger partial charge on any atom is -0.481 e. The Bertz CT molecular complexity index is 678. The van der Waals surface area contributed by atoms with Gasteiger partial charge in [0.15, 0.2) is 0 Å². The van der Waals surface area contributed by atoms with E-state index < -0.39 is 11.6 Å². The number of carbonyl (C=O) groups is 1. The molecule has 4 nitrogen and oxygen atoms in total. The van der Waals surface area contributed by atoms with Crippen LogP contribution in [0.15, 0.2) is 0 Å². The van der Waals surface area contributed by atoms with Crippen LogP contribution < -0.4 is 0 Å². The Morgan fingerprint density at radius 3 is 2.42 bits per heavy atom. The van der Waals surface area contributed by atoms with Gasteiger partial charge in [-0.2, -0.15) is 0 Å². The van der Waals surface area contributed by atoms with Crippen molar-refractivity contribution in [2.45, 2.75) is 116 Å². The molecule has 4 aliphatic carbocycles. The van der Waals surface area contributed by atoms with Crippen LogP contribution in [0.2, 0.25) is 0 Å². The van der Waals surface area contributed by atoms with E-state index in [9.17, 15) is 20.1 Å². The molecule has 0 saturated heterocycles. The van der Waals surface area contributed by atoms with E-state index in [1.807, 2.05) is 0 Å². The molecular weight excluding hydrogens is 388 g/mol. The Labute approximate surface area is 189 Å². The molecule has 0 aromatic heterocycles. The molecule has 4 saturated carbocycles. The van der Waals surface area contributed by atoms with E-state index in [0.717, 1.165) is 44.9 Å². The van der Waals surface area contributed by atoms with Gasteiger partial charge in [0, 0.05) is 6.42 Å². The van der Waals surface area contributed by atoms with E-state index in [0.29, 0.717) is 35.5 Å². The van der Waals surface area contributed by atoms with Crippen molar-refractivity contribution in [3.8, 4) is 0 Å². The van der Waals surface area contributed by atoms with Gasteiger partial charge in [0.05, 0.1) is 11.7 Å². The van der Waals surface area contributed by atoms with Gasteiger partial charge in [0.1, 0.15) is 0 Å². The third kappa shape index (κ3) is 3.78. The molecule has 178 valence electrons. The highest BCUT2D eigenvalue weighted by molar-refractivity contribution is 5.66. The summed E-state index contributed by atoms with van der Waals surface area (Å²) in [5.41, 5.74) is -0.136. The first-order valence-corrected chi connectivity index (χ1v) is 13.2. The molecule has 0 aromatic carbocycles. The van der Waals surface area contributed by atoms with E-state index in [4.69, 9.17) is 0 Å². The minimum absolute atomic E-state index is 0.194. The molecule has 0 radical (unpaired) electrons. The number of fused-ring (bicyclic) bond motifs is 5. The van der Waals surface area contributed by atoms with Crippen molar-refractivity contribution in [1.29, 1.82) is 0 Å². The Hall–Kier alpha value is -0.610. The lowest BCUT2D eigenvalue weighted by molar-refractivity contribution is -0.221. The van der Waals surface area contributed by atoms with E-state index in [-0.39, 0.29) is 23.4 Å². The number of rotatable bonds is 6. The van der Waals surface area contributed by atoms with Crippen LogP contribution in [0.4, 0.5) is 0 Å². The van der Waals surface area contributed by atoms with E-state index in [1.165, 1.54) is 25.7 Å². The van der Waals surface area contributed by atoms with Crippen LogP contribution in [0.3, 0.4) is 0 Å². The molecule has 31 heavy (non-hydrogen) atoms. The zero-order chi connectivity index (χ0) is 22.6. The quantitative estimate of drug-likeness (QED) is 0.505. The number of aliphatic hydroxyl groups excluding tert-OH is 1. The largest absolute Gasteiger partial charge is 0.481 e. The smallest absolute Gasteiger partial charge is 0.303 e. The van der Waals surface area contributed by atoms with Crippen molar-refractivity contribution in [3.05, 3.63) is 0 Å². The first kappa shape index (κ1) is 23.5. The molecule has 0 aliphatic heterocycles. The van der Waals surface area contributed by atoms with E-state index in [2.05, 4.69) is 27.7 Å². The van der Waals surface area contributed by atoms with Gasteiger partial charge in [-0.05, 0) is 111 Å². The van der Waals surface area contributed by atoms with Gasteiger partial charge in [-0.15, -0.1) is 0 Å². The van der Waals surface area contributed by atoms with Crippen LogP contribution in [-0.4, -0.2) is 33.0 Å². The Morgan fingerprint density at radius 2 is 1.74 bits per heavy atom. The van der Waals surface area contributed by atoms with Gasteiger partial charge in [0.25, 0.3) is 0 Å². The highest BCUT2D eigenvalue weighted by Gasteiger charge is 2.66. The van der Waals surface area contributed by atoms with Gasteiger partial charge >= 0.3 is 5.97 Å². The number of hydrogen-bond donors (Lipinski definition) is 3. The molecule has 4 aliphatic rings. The van der Waals surface area contributed by atoms with Crippen molar-refractivity contribution < 1.29 is 20.1 Å². The van der Waals surface area contributed by atoms with E-state index in [1.54, 1.807) is 0 Å². The lowest BCUT2D eigenvalue weighted by Gasteiger charge is -2.66. The van der Waals surface area contributed by atoms with E-state index >= 15 is 0 Å². The maximum Gasteiger partial charge on any atom is 0.303 e. The second-order valence-corrected chi connectivity index (χ2v) is 12.6. The minimum atomic E-state index is -0.682. The van der Waals surface area contributed by atoms with Gasteiger partial charge in [-0.3, -0.25) is 4.79 Å². The molecule has 0 unspecified atom stereocenters. The lowest BCUT2D eigenvalue weighted by atomic mass is 9.40. The molecule has 10 atom stereocenters. The Balaban J connectivity index is 1.65. The Kier molecular flexibility index (Phi) is 6.31. The molecule has 0 bridgehead atoms. The van der Waals surface area contributed by atoms with Crippen molar-refractivity contribution in [1.82, 2.24) is 0 Å². The summed E-state index contributed by atoms with van der Waals surface area (Å²) in [6.45, 7) is 9.43. The number of aliphatic carboxylic acids is 1. The zero-order valence-corrected chi connectivity index (χ0v) is 20.3. The molecular formula is C27H46O4. The fourth-order valence-electron chi connectivity index (χ4n) is 9.62. The molecule has 0 heterocycles. The highest BCUT2D eigenvalue weighted by Crippen LogP contribution is 2.70. The van der Waals surface area contributed by atoms with Crippen molar-refractivity contribution in [2.75, 3.05) is 0 Å². The monoisotopic (exact) mass is 434 g/mol. The average Bonchev–Trinajstić information content (AvgIpc) is 3.05. The summed E-state index contributed by atoms with van der Waals surface area (Å²) in [5, 5.41) is 31.8. The topological polar surface area (TPSA) is 77.8 Å². The lowest BCUT2D eigenvalue weighted by Crippen LogP contribution is -2.63.